The highest BCUT2D eigenvalue weighted by Crippen LogP contribution is 2.21. The van der Waals surface area contributed by atoms with Crippen LogP contribution in [-0.4, -0.2) is 22.2 Å². The Balaban J connectivity index is 2.13. The van der Waals surface area contributed by atoms with E-state index >= 15 is 0 Å². The van der Waals surface area contributed by atoms with Crippen molar-refractivity contribution in [2.75, 3.05) is 6.54 Å². The lowest BCUT2D eigenvalue weighted by atomic mass is 10.2. The van der Waals surface area contributed by atoms with Gasteiger partial charge in [0.2, 0.25) is 0 Å². The van der Waals surface area contributed by atoms with Crippen molar-refractivity contribution in [3.8, 4) is 5.69 Å². The quantitative estimate of drug-likeness (QED) is 0.860. The summed E-state index contributed by atoms with van der Waals surface area (Å²) in [5, 5.41) is 8.05. The molecule has 0 bridgehead atoms. The fraction of sp³-hybridized carbons (Fsp3) is 0.333. The van der Waals surface area contributed by atoms with Crippen molar-refractivity contribution < 1.29 is 4.79 Å². The summed E-state index contributed by atoms with van der Waals surface area (Å²) in [5.74, 6) is 0.0999. The van der Waals surface area contributed by atoms with Crippen LogP contribution < -0.4 is 11.1 Å². The largest absolute Gasteiger partial charge is 0.366 e. The first-order valence-electron chi connectivity index (χ1n) is 6.81. The van der Waals surface area contributed by atoms with E-state index in [1.807, 2.05) is 18.2 Å². The molecular weight excluding hydrogens is 288 g/mol. The van der Waals surface area contributed by atoms with Crippen LogP contribution in [0.2, 0.25) is 5.02 Å². The number of nitrogens with one attached hydrogen (secondary N) is 1. The number of hydrogen-bond donors (Lipinski definition) is 2. The number of nitrogens with zero attached hydrogens (tertiary/aromatic N) is 2. The summed E-state index contributed by atoms with van der Waals surface area (Å²) in [6, 6.07) is 5.77. The van der Waals surface area contributed by atoms with E-state index in [1.54, 1.807) is 10.9 Å². The van der Waals surface area contributed by atoms with E-state index in [1.165, 1.54) is 6.20 Å². The van der Waals surface area contributed by atoms with Crippen LogP contribution in [0.15, 0.2) is 30.6 Å². The molecule has 0 saturated carbocycles. The fourth-order valence-corrected chi connectivity index (χ4v) is 2.22. The molecule has 1 aromatic heterocycles. The van der Waals surface area contributed by atoms with Crippen molar-refractivity contribution in [2.24, 2.45) is 11.7 Å². The van der Waals surface area contributed by atoms with Crippen molar-refractivity contribution in [1.82, 2.24) is 15.1 Å². The summed E-state index contributed by atoms with van der Waals surface area (Å²) in [6.45, 7) is 6.05. The summed E-state index contributed by atoms with van der Waals surface area (Å²) in [7, 11) is 0. The van der Waals surface area contributed by atoms with Gasteiger partial charge in [-0.3, -0.25) is 4.79 Å². The number of rotatable bonds is 6. The first kappa shape index (κ1) is 15.5. The molecule has 2 aromatic rings. The zero-order valence-electron chi connectivity index (χ0n) is 12.1. The zero-order valence-corrected chi connectivity index (χ0v) is 12.9. The van der Waals surface area contributed by atoms with E-state index in [0.29, 0.717) is 16.5 Å². The molecule has 1 heterocycles. The summed E-state index contributed by atoms with van der Waals surface area (Å²) in [6.07, 6.45) is 3.00. The van der Waals surface area contributed by atoms with Gasteiger partial charge in [-0.25, -0.2) is 4.68 Å². The maximum atomic E-state index is 11.1. The normalized spacial score (nSPS) is 11.0. The molecule has 6 heteroatoms. The maximum Gasteiger partial charge on any atom is 0.251 e. The van der Waals surface area contributed by atoms with Crippen molar-refractivity contribution in [3.05, 3.63) is 46.7 Å². The monoisotopic (exact) mass is 306 g/mol. The Hall–Kier alpha value is -1.85. The number of halogens is 1. The topological polar surface area (TPSA) is 72.9 Å². The van der Waals surface area contributed by atoms with Crippen LogP contribution in [0.5, 0.6) is 0 Å². The summed E-state index contributed by atoms with van der Waals surface area (Å²) in [4.78, 5) is 11.1. The van der Waals surface area contributed by atoms with Gasteiger partial charge in [0.25, 0.3) is 5.91 Å². The zero-order chi connectivity index (χ0) is 15.4. The van der Waals surface area contributed by atoms with Crippen LogP contribution in [0.25, 0.3) is 5.69 Å². The maximum absolute atomic E-state index is 11.1. The SMILES string of the molecule is CC(C)CNCc1ccc(-n2cc(C(N)=O)cn2)c(Cl)c1. The number of primary amides is 1. The lowest BCUT2D eigenvalue weighted by molar-refractivity contribution is 0.100. The molecule has 0 atom stereocenters. The van der Waals surface area contributed by atoms with E-state index in [4.69, 9.17) is 17.3 Å². The molecule has 0 aliphatic carbocycles. The predicted molar refractivity (Wildman–Crippen MR) is 83.6 cm³/mol. The van der Waals surface area contributed by atoms with E-state index in [2.05, 4.69) is 24.3 Å². The average Bonchev–Trinajstić information content (AvgIpc) is 2.88. The molecule has 2 rings (SSSR count). The van der Waals surface area contributed by atoms with Crippen LogP contribution in [0.3, 0.4) is 0 Å². The van der Waals surface area contributed by atoms with Crippen LogP contribution in [0.1, 0.15) is 29.8 Å². The molecule has 112 valence electrons. The van der Waals surface area contributed by atoms with Gasteiger partial charge < -0.3 is 11.1 Å². The minimum absolute atomic E-state index is 0.355. The Morgan fingerprint density at radius 1 is 1.48 bits per heavy atom. The van der Waals surface area contributed by atoms with Crippen molar-refractivity contribution in [1.29, 1.82) is 0 Å². The van der Waals surface area contributed by atoms with Gasteiger partial charge in [0, 0.05) is 12.7 Å². The predicted octanol–water partition coefficient (Wildman–Crippen LogP) is 2.37. The second kappa shape index (κ2) is 6.74. The minimum Gasteiger partial charge on any atom is -0.366 e. The molecule has 1 amide bonds. The number of benzene rings is 1. The molecule has 5 nitrogen and oxygen atoms in total. The summed E-state index contributed by atoms with van der Waals surface area (Å²) >= 11 is 6.29. The van der Waals surface area contributed by atoms with Crippen LogP contribution in [0, 0.1) is 5.92 Å². The smallest absolute Gasteiger partial charge is 0.251 e. The first-order chi connectivity index (χ1) is 9.97. The summed E-state index contributed by atoms with van der Waals surface area (Å²) in [5.41, 5.74) is 7.39. The molecule has 1 aromatic carbocycles. The van der Waals surface area contributed by atoms with E-state index in [9.17, 15) is 4.79 Å². The molecule has 3 N–H and O–H groups in total. The molecule has 21 heavy (non-hydrogen) atoms. The third kappa shape index (κ3) is 4.06. The number of carbonyl (C=O) groups excluding carboxylic acids is 1. The standard InChI is InChI=1S/C15H19ClN4O/c1-10(2)6-18-7-11-3-4-14(13(16)5-11)20-9-12(8-19-20)15(17)21/h3-5,8-10,18H,6-7H2,1-2H3,(H2,17,21). The van der Waals surface area contributed by atoms with E-state index in [0.717, 1.165) is 24.3 Å². The highest BCUT2D eigenvalue weighted by atomic mass is 35.5. The van der Waals surface area contributed by atoms with E-state index < -0.39 is 5.91 Å². The highest BCUT2D eigenvalue weighted by molar-refractivity contribution is 6.32. The lowest BCUT2D eigenvalue weighted by Crippen LogP contribution is -2.18. The van der Waals surface area contributed by atoms with Gasteiger partial charge in [0.1, 0.15) is 0 Å². The molecular formula is C15H19ClN4O. The van der Waals surface area contributed by atoms with Gasteiger partial charge in [-0.1, -0.05) is 31.5 Å². The van der Waals surface area contributed by atoms with Crippen molar-refractivity contribution in [3.63, 3.8) is 0 Å². The van der Waals surface area contributed by atoms with Crippen molar-refractivity contribution in [2.45, 2.75) is 20.4 Å². The number of hydrogen-bond acceptors (Lipinski definition) is 3. The number of carbonyl (C=O) groups is 1. The van der Waals surface area contributed by atoms with Gasteiger partial charge in [-0.15, -0.1) is 0 Å². The van der Waals surface area contributed by atoms with Gasteiger partial charge in [-0.2, -0.15) is 5.10 Å². The molecule has 0 aliphatic heterocycles. The first-order valence-corrected chi connectivity index (χ1v) is 7.19. The third-order valence-electron chi connectivity index (χ3n) is 3.01. The molecule has 0 saturated heterocycles. The summed E-state index contributed by atoms with van der Waals surface area (Å²) < 4.78 is 1.55. The Labute approximate surface area is 129 Å². The Kier molecular flexibility index (Phi) is 4.98. The molecule has 0 spiro atoms. The van der Waals surface area contributed by atoms with Crippen LogP contribution in [-0.2, 0) is 6.54 Å². The minimum atomic E-state index is -0.508. The molecule has 0 unspecified atom stereocenters. The highest BCUT2D eigenvalue weighted by Gasteiger charge is 2.09. The van der Waals surface area contributed by atoms with Crippen molar-refractivity contribution >= 4 is 17.5 Å². The van der Waals surface area contributed by atoms with Crippen LogP contribution in [0.4, 0.5) is 0 Å². The lowest BCUT2D eigenvalue weighted by Gasteiger charge is -2.10. The molecule has 0 fully saturated rings. The Morgan fingerprint density at radius 3 is 2.81 bits per heavy atom. The van der Waals surface area contributed by atoms with Crippen LogP contribution >= 0.6 is 11.6 Å². The average molecular weight is 307 g/mol. The van der Waals surface area contributed by atoms with E-state index in [-0.39, 0.29) is 0 Å². The second-order valence-corrected chi connectivity index (χ2v) is 5.76. The third-order valence-corrected chi connectivity index (χ3v) is 3.31. The Morgan fingerprint density at radius 2 is 2.24 bits per heavy atom. The Bertz CT molecular complexity index is 636. The fourth-order valence-electron chi connectivity index (χ4n) is 1.93. The van der Waals surface area contributed by atoms with Gasteiger partial charge in [0.05, 0.1) is 22.5 Å². The second-order valence-electron chi connectivity index (χ2n) is 5.35. The van der Waals surface area contributed by atoms with Gasteiger partial charge in [-0.05, 0) is 30.2 Å². The number of nitrogens with two attached hydrogens (primary N) is 1. The number of aromatic nitrogens is 2. The molecule has 0 radical (unpaired) electrons. The number of amides is 1. The van der Waals surface area contributed by atoms with Gasteiger partial charge >= 0.3 is 0 Å². The molecule has 0 aliphatic rings. The van der Waals surface area contributed by atoms with Gasteiger partial charge in [0.15, 0.2) is 0 Å².